The predicted molar refractivity (Wildman–Crippen MR) is 108 cm³/mol. The van der Waals surface area contributed by atoms with Crippen molar-refractivity contribution in [2.75, 3.05) is 13.1 Å². The monoisotopic (exact) mass is 397 g/mol. The van der Waals surface area contributed by atoms with Gasteiger partial charge in [-0.05, 0) is 36.4 Å². The van der Waals surface area contributed by atoms with Gasteiger partial charge in [-0.1, -0.05) is 18.2 Å². The highest BCUT2D eigenvalue weighted by Gasteiger charge is 2.08. The second kappa shape index (κ2) is 9.75. The molecule has 0 aliphatic carbocycles. The number of halogens is 1. The molecule has 0 unspecified atom stereocenters. The highest BCUT2D eigenvalue weighted by atomic mass is 32.1. The van der Waals surface area contributed by atoms with Crippen molar-refractivity contribution in [3.05, 3.63) is 76.4 Å². The van der Waals surface area contributed by atoms with E-state index in [4.69, 9.17) is 0 Å². The number of nitrogens with one attached hydrogen (secondary N) is 2. The number of amides is 2. The molecule has 7 heteroatoms. The van der Waals surface area contributed by atoms with E-state index in [1.165, 1.54) is 23.5 Å². The molecule has 0 aliphatic heterocycles. The number of rotatable bonds is 8. The number of nitrogens with zero attached hydrogens (tertiary/aromatic N) is 1. The van der Waals surface area contributed by atoms with Crippen molar-refractivity contribution in [3.8, 4) is 11.3 Å². The molecule has 5 nitrogen and oxygen atoms in total. The SMILES string of the molecule is O=C(CCc1nc(-c2ccc(F)cc2)cs1)NCCNC(=O)c1ccccc1. The van der Waals surface area contributed by atoms with Crippen molar-refractivity contribution in [1.29, 1.82) is 0 Å². The van der Waals surface area contributed by atoms with Gasteiger partial charge >= 0.3 is 0 Å². The number of aryl methyl sites for hydroxylation is 1. The maximum absolute atomic E-state index is 13.0. The van der Waals surface area contributed by atoms with Crippen LogP contribution in [0.4, 0.5) is 4.39 Å². The molecule has 2 amide bonds. The second-order valence-corrected chi connectivity index (χ2v) is 7.05. The van der Waals surface area contributed by atoms with Crippen LogP contribution in [0, 0.1) is 5.82 Å². The summed E-state index contributed by atoms with van der Waals surface area (Å²) in [5, 5.41) is 8.30. The van der Waals surface area contributed by atoms with Crippen molar-refractivity contribution in [2.24, 2.45) is 0 Å². The first kappa shape index (κ1) is 19.7. The molecule has 28 heavy (non-hydrogen) atoms. The smallest absolute Gasteiger partial charge is 0.251 e. The molecule has 0 saturated carbocycles. The van der Waals surface area contributed by atoms with E-state index in [1.807, 2.05) is 11.4 Å². The summed E-state index contributed by atoms with van der Waals surface area (Å²) in [6.45, 7) is 0.738. The van der Waals surface area contributed by atoms with Crippen LogP contribution in [0.5, 0.6) is 0 Å². The Kier molecular flexibility index (Phi) is 6.86. The second-order valence-electron chi connectivity index (χ2n) is 6.11. The first-order chi connectivity index (χ1) is 13.6. The van der Waals surface area contributed by atoms with Crippen molar-refractivity contribution < 1.29 is 14.0 Å². The molecule has 1 aromatic heterocycles. The highest BCUT2D eigenvalue weighted by Crippen LogP contribution is 2.22. The largest absolute Gasteiger partial charge is 0.354 e. The lowest BCUT2D eigenvalue weighted by atomic mass is 10.2. The van der Waals surface area contributed by atoms with Gasteiger partial charge in [-0.15, -0.1) is 11.3 Å². The Labute approximate surface area is 166 Å². The van der Waals surface area contributed by atoms with Crippen LogP contribution in [0.25, 0.3) is 11.3 Å². The van der Waals surface area contributed by atoms with Crippen LogP contribution in [-0.2, 0) is 11.2 Å². The lowest BCUT2D eigenvalue weighted by molar-refractivity contribution is -0.121. The topological polar surface area (TPSA) is 71.1 Å². The molecule has 2 N–H and O–H groups in total. The predicted octanol–water partition coefficient (Wildman–Crippen LogP) is 3.43. The molecular weight excluding hydrogens is 377 g/mol. The maximum Gasteiger partial charge on any atom is 0.251 e. The molecule has 3 aromatic rings. The summed E-state index contributed by atoms with van der Waals surface area (Å²) >= 11 is 1.48. The van der Waals surface area contributed by atoms with E-state index in [2.05, 4.69) is 15.6 Å². The molecule has 0 radical (unpaired) electrons. The number of carbonyl (C=O) groups excluding carboxylic acids is 2. The van der Waals surface area contributed by atoms with Crippen LogP contribution in [0.3, 0.4) is 0 Å². The molecule has 0 atom stereocenters. The number of hydrogen-bond donors (Lipinski definition) is 2. The quantitative estimate of drug-likeness (QED) is 0.572. The summed E-state index contributed by atoms with van der Waals surface area (Å²) in [5.41, 5.74) is 2.22. The van der Waals surface area contributed by atoms with Gasteiger partial charge in [0, 0.05) is 42.4 Å². The minimum absolute atomic E-state index is 0.0903. The van der Waals surface area contributed by atoms with Gasteiger partial charge in [-0.25, -0.2) is 9.37 Å². The summed E-state index contributed by atoms with van der Waals surface area (Å²) in [6, 6.07) is 15.1. The molecule has 144 valence electrons. The lowest BCUT2D eigenvalue weighted by Gasteiger charge is -2.07. The Morgan fingerprint density at radius 2 is 1.68 bits per heavy atom. The fourth-order valence-corrected chi connectivity index (χ4v) is 3.36. The van der Waals surface area contributed by atoms with Gasteiger partial charge in [0.15, 0.2) is 0 Å². The van der Waals surface area contributed by atoms with Crippen LogP contribution >= 0.6 is 11.3 Å². The maximum atomic E-state index is 13.0. The fraction of sp³-hybridized carbons (Fsp3) is 0.190. The van der Waals surface area contributed by atoms with Gasteiger partial charge in [0.25, 0.3) is 5.91 Å². The molecule has 2 aromatic carbocycles. The van der Waals surface area contributed by atoms with Crippen LogP contribution in [-0.4, -0.2) is 29.9 Å². The standard InChI is InChI=1S/C21H20FN3O2S/c22-17-8-6-15(7-9-17)18-14-28-20(25-18)11-10-19(26)23-12-13-24-21(27)16-4-2-1-3-5-16/h1-9,14H,10-13H2,(H,23,26)(H,24,27). The van der Waals surface area contributed by atoms with Crippen molar-refractivity contribution in [1.82, 2.24) is 15.6 Å². The zero-order valence-corrected chi connectivity index (χ0v) is 16.0. The molecule has 3 rings (SSSR count). The van der Waals surface area contributed by atoms with Crippen LogP contribution in [0.2, 0.25) is 0 Å². The Balaban J connectivity index is 1.37. The Morgan fingerprint density at radius 3 is 2.43 bits per heavy atom. The number of thiazole rings is 1. The van der Waals surface area contributed by atoms with Gasteiger partial charge in [0.1, 0.15) is 5.82 Å². The van der Waals surface area contributed by atoms with Gasteiger partial charge in [0.2, 0.25) is 5.91 Å². The van der Waals surface area contributed by atoms with E-state index in [9.17, 15) is 14.0 Å². The Morgan fingerprint density at radius 1 is 0.964 bits per heavy atom. The third-order valence-corrected chi connectivity index (χ3v) is 4.93. The Bertz CT molecular complexity index is 926. The van der Waals surface area contributed by atoms with E-state index >= 15 is 0 Å². The van der Waals surface area contributed by atoms with Gasteiger partial charge in [-0.2, -0.15) is 0 Å². The normalized spacial score (nSPS) is 10.5. The number of aromatic nitrogens is 1. The number of carbonyl (C=O) groups is 2. The summed E-state index contributed by atoms with van der Waals surface area (Å²) in [4.78, 5) is 28.3. The average Bonchev–Trinajstić information content (AvgIpc) is 3.20. The molecule has 1 heterocycles. The first-order valence-electron chi connectivity index (χ1n) is 8.92. The molecule has 0 bridgehead atoms. The van der Waals surface area contributed by atoms with Crippen molar-refractivity contribution >= 4 is 23.2 Å². The van der Waals surface area contributed by atoms with Gasteiger partial charge in [0.05, 0.1) is 10.7 Å². The average molecular weight is 397 g/mol. The zero-order chi connectivity index (χ0) is 19.8. The lowest BCUT2D eigenvalue weighted by Crippen LogP contribution is -2.34. The van der Waals surface area contributed by atoms with Crippen molar-refractivity contribution in [3.63, 3.8) is 0 Å². The van der Waals surface area contributed by atoms with Crippen LogP contribution < -0.4 is 10.6 Å². The van der Waals surface area contributed by atoms with E-state index in [1.54, 1.807) is 36.4 Å². The molecule has 0 spiro atoms. The summed E-state index contributed by atoms with van der Waals surface area (Å²) in [5.74, 6) is -0.533. The van der Waals surface area contributed by atoms with Gasteiger partial charge < -0.3 is 10.6 Å². The van der Waals surface area contributed by atoms with Crippen molar-refractivity contribution in [2.45, 2.75) is 12.8 Å². The van der Waals surface area contributed by atoms with E-state index in [-0.39, 0.29) is 17.6 Å². The third-order valence-electron chi connectivity index (χ3n) is 4.03. The minimum atomic E-state index is -0.282. The summed E-state index contributed by atoms with van der Waals surface area (Å²) < 4.78 is 13.0. The molecule has 0 fully saturated rings. The first-order valence-corrected chi connectivity index (χ1v) is 9.80. The summed E-state index contributed by atoms with van der Waals surface area (Å²) in [7, 11) is 0. The Hall–Kier alpha value is -3.06. The fourth-order valence-electron chi connectivity index (χ4n) is 2.56. The van der Waals surface area contributed by atoms with Gasteiger partial charge in [-0.3, -0.25) is 9.59 Å². The summed E-state index contributed by atoms with van der Waals surface area (Å²) in [6.07, 6.45) is 0.858. The third kappa shape index (κ3) is 5.72. The molecule has 0 saturated heterocycles. The number of benzene rings is 2. The van der Waals surface area contributed by atoms with Crippen LogP contribution in [0.15, 0.2) is 60.0 Å². The zero-order valence-electron chi connectivity index (χ0n) is 15.2. The number of hydrogen-bond acceptors (Lipinski definition) is 4. The highest BCUT2D eigenvalue weighted by molar-refractivity contribution is 7.09. The molecular formula is C21H20FN3O2S. The minimum Gasteiger partial charge on any atom is -0.354 e. The van der Waals surface area contributed by atoms with E-state index in [0.29, 0.717) is 31.5 Å². The van der Waals surface area contributed by atoms with E-state index < -0.39 is 0 Å². The molecule has 0 aliphatic rings. The van der Waals surface area contributed by atoms with Crippen LogP contribution in [0.1, 0.15) is 21.8 Å². The van der Waals surface area contributed by atoms with E-state index in [0.717, 1.165) is 16.3 Å².